The lowest BCUT2D eigenvalue weighted by atomic mass is 10.0. The van der Waals surface area contributed by atoms with E-state index in [9.17, 15) is 9.59 Å². The molecule has 1 aromatic heterocycles. The number of hydrogen-bond acceptors (Lipinski definition) is 5. The van der Waals surface area contributed by atoms with Crippen LogP contribution in [0.25, 0.3) is 21.9 Å². The number of benzene rings is 3. The maximum Gasteiger partial charge on any atom is 0.337 e. The average Bonchev–Trinajstić information content (AvgIpc) is 2.91. The Hall–Kier alpha value is -4.19. The first-order chi connectivity index (χ1) is 17.4. The number of carbonyl (C=O) groups excluding carboxylic acids is 2. The van der Waals surface area contributed by atoms with Crippen LogP contribution in [0.5, 0.6) is 5.75 Å². The second-order valence-corrected chi connectivity index (χ2v) is 8.67. The molecule has 4 rings (SSSR count). The van der Waals surface area contributed by atoms with Crippen molar-refractivity contribution in [2.45, 2.75) is 33.2 Å². The van der Waals surface area contributed by atoms with Gasteiger partial charge in [-0.25, -0.2) is 9.78 Å². The van der Waals surface area contributed by atoms with Gasteiger partial charge in [-0.15, -0.1) is 0 Å². The Morgan fingerprint density at radius 2 is 1.67 bits per heavy atom. The van der Waals surface area contributed by atoms with E-state index in [-0.39, 0.29) is 5.91 Å². The number of aromatic nitrogens is 1. The van der Waals surface area contributed by atoms with Crippen molar-refractivity contribution in [3.63, 3.8) is 0 Å². The van der Waals surface area contributed by atoms with Gasteiger partial charge in [0.2, 0.25) is 5.91 Å². The van der Waals surface area contributed by atoms with E-state index in [1.807, 2.05) is 50.2 Å². The molecule has 0 N–H and O–H groups in total. The summed E-state index contributed by atoms with van der Waals surface area (Å²) in [6.07, 6.45) is 2.82. The summed E-state index contributed by atoms with van der Waals surface area (Å²) < 4.78 is 10.2. The molecule has 0 radical (unpaired) electrons. The third-order valence-corrected chi connectivity index (χ3v) is 6.21. The molecule has 0 atom stereocenters. The number of pyridine rings is 1. The van der Waals surface area contributed by atoms with Gasteiger partial charge in [-0.3, -0.25) is 9.69 Å². The Bertz CT molecular complexity index is 1400. The lowest BCUT2D eigenvalue weighted by Gasteiger charge is -2.23. The number of nitrogens with zero attached hydrogens (tertiary/aromatic N) is 2. The molecular weight excluding hydrogens is 452 g/mol. The molecule has 0 saturated carbocycles. The molecule has 0 aliphatic heterocycles. The zero-order valence-corrected chi connectivity index (χ0v) is 21.1. The molecule has 0 unspecified atom stereocenters. The van der Waals surface area contributed by atoms with Crippen LogP contribution in [0.2, 0.25) is 0 Å². The topological polar surface area (TPSA) is 68.7 Å². The van der Waals surface area contributed by atoms with Gasteiger partial charge in [0.25, 0.3) is 0 Å². The van der Waals surface area contributed by atoms with E-state index in [2.05, 4.69) is 23.2 Å². The van der Waals surface area contributed by atoms with E-state index in [4.69, 9.17) is 9.47 Å². The van der Waals surface area contributed by atoms with Gasteiger partial charge in [-0.2, -0.15) is 0 Å². The van der Waals surface area contributed by atoms with Gasteiger partial charge in [0, 0.05) is 18.0 Å². The summed E-state index contributed by atoms with van der Waals surface area (Å²) in [4.78, 5) is 31.5. The first kappa shape index (κ1) is 24.9. The number of methoxy groups -OCH3 is 2. The fraction of sp³-hybridized carbons (Fsp3) is 0.233. The smallest absolute Gasteiger partial charge is 0.337 e. The summed E-state index contributed by atoms with van der Waals surface area (Å²) in [7, 11) is 3.03. The zero-order valence-electron chi connectivity index (χ0n) is 21.1. The average molecular weight is 483 g/mol. The van der Waals surface area contributed by atoms with E-state index < -0.39 is 5.97 Å². The summed E-state index contributed by atoms with van der Waals surface area (Å²) in [5.41, 5.74) is 4.73. The highest BCUT2D eigenvalue weighted by Gasteiger charge is 2.20. The van der Waals surface area contributed by atoms with Crippen LogP contribution < -0.4 is 9.64 Å². The van der Waals surface area contributed by atoms with E-state index >= 15 is 0 Å². The van der Waals surface area contributed by atoms with Gasteiger partial charge < -0.3 is 9.47 Å². The molecule has 0 aliphatic carbocycles. The molecule has 6 nitrogen and oxygen atoms in total. The first-order valence-electron chi connectivity index (χ1n) is 12.0. The number of hydrogen-bond donors (Lipinski definition) is 0. The van der Waals surface area contributed by atoms with Crippen molar-refractivity contribution in [3.05, 3.63) is 89.6 Å². The molecule has 1 heterocycles. The molecule has 4 aromatic rings. The highest BCUT2D eigenvalue weighted by atomic mass is 16.5. The minimum absolute atomic E-state index is 0.00407. The minimum atomic E-state index is -0.402. The summed E-state index contributed by atoms with van der Waals surface area (Å²) in [6.45, 7) is 4.41. The predicted octanol–water partition coefficient (Wildman–Crippen LogP) is 6.34. The molecule has 3 aromatic carbocycles. The van der Waals surface area contributed by atoms with Gasteiger partial charge in [0.05, 0.1) is 26.3 Å². The third kappa shape index (κ3) is 5.23. The Balaban J connectivity index is 1.66. The SMILES string of the molecule is CCCC(=O)N(Cc1ccc(-c2ccc(OC)c(C)c2)cc1)c1nccc2cc(C(=O)OC)ccc12. The van der Waals surface area contributed by atoms with Crippen LogP contribution in [0.1, 0.15) is 41.3 Å². The maximum atomic E-state index is 13.2. The van der Waals surface area contributed by atoms with Crippen molar-refractivity contribution >= 4 is 28.5 Å². The van der Waals surface area contributed by atoms with Gasteiger partial charge >= 0.3 is 5.97 Å². The van der Waals surface area contributed by atoms with Gasteiger partial charge in [-0.05, 0) is 77.4 Å². The lowest BCUT2D eigenvalue weighted by molar-refractivity contribution is -0.118. The molecule has 0 fully saturated rings. The zero-order chi connectivity index (χ0) is 25.7. The monoisotopic (exact) mass is 482 g/mol. The summed E-state index contributed by atoms with van der Waals surface area (Å²) in [5, 5.41) is 1.63. The molecule has 0 bridgehead atoms. The number of rotatable bonds is 8. The number of aryl methyl sites for hydroxylation is 1. The van der Waals surface area contributed by atoms with E-state index in [1.54, 1.807) is 30.3 Å². The molecule has 36 heavy (non-hydrogen) atoms. The Morgan fingerprint density at radius 3 is 2.33 bits per heavy atom. The Kier molecular flexibility index (Phi) is 7.64. The van der Waals surface area contributed by atoms with Crippen LogP contribution in [-0.2, 0) is 16.1 Å². The van der Waals surface area contributed by atoms with E-state index in [1.165, 1.54) is 7.11 Å². The summed E-state index contributed by atoms with van der Waals surface area (Å²) in [5.74, 6) is 1.05. The van der Waals surface area contributed by atoms with Crippen molar-refractivity contribution in [2.75, 3.05) is 19.1 Å². The lowest BCUT2D eigenvalue weighted by Crippen LogP contribution is -2.31. The number of ether oxygens (including phenoxy) is 2. The highest BCUT2D eigenvalue weighted by Crippen LogP contribution is 2.29. The highest BCUT2D eigenvalue weighted by molar-refractivity contribution is 6.04. The van der Waals surface area contributed by atoms with Crippen LogP contribution in [0.3, 0.4) is 0 Å². The molecule has 6 heteroatoms. The normalized spacial score (nSPS) is 10.8. The van der Waals surface area contributed by atoms with Crippen molar-refractivity contribution in [2.24, 2.45) is 0 Å². The van der Waals surface area contributed by atoms with Crippen LogP contribution in [0, 0.1) is 6.92 Å². The van der Waals surface area contributed by atoms with Gasteiger partial charge in [0.15, 0.2) is 0 Å². The molecule has 0 spiro atoms. The number of esters is 1. The third-order valence-electron chi connectivity index (χ3n) is 6.21. The number of carbonyl (C=O) groups is 2. The summed E-state index contributed by atoms with van der Waals surface area (Å²) in [6, 6.07) is 21.5. The van der Waals surface area contributed by atoms with Crippen LogP contribution in [0.4, 0.5) is 5.82 Å². The second-order valence-electron chi connectivity index (χ2n) is 8.67. The van der Waals surface area contributed by atoms with Crippen molar-refractivity contribution in [3.8, 4) is 16.9 Å². The van der Waals surface area contributed by atoms with Gasteiger partial charge in [0.1, 0.15) is 11.6 Å². The Morgan fingerprint density at radius 1 is 0.917 bits per heavy atom. The molecule has 1 amide bonds. The fourth-order valence-corrected chi connectivity index (χ4v) is 4.30. The second kappa shape index (κ2) is 11.0. The van der Waals surface area contributed by atoms with E-state index in [0.29, 0.717) is 24.3 Å². The minimum Gasteiger partial charge on any atom is -0.496 e. The van der Waals surface area contributed by atoms with Crippen molar-refractivity contribution in [1.29, 1.82) is 0 Å². The predicted molar refractivity (Wildman–Crippen MR) is 142 cm³/mol. The van der Waals surface area contributed by atoms with E-state index in [0.717, 1.165) is 45.2 Å². The summed E-state index contributed by atoms with van der Waals surface area (Å²) >= 11 is 0. The number of anilines is 1. The number of fused-ring (bicyclic) bond motifs is 1. The fourth-order valence-electron chi connectivity index (χ4n) is 4.30. The van der Waals surface area contributed by atoms with Crippen molar-refractivity contribution < 1.29 is 19.1 Å². The van der Waals surface area contributed by atoms with Gasteiger partial charge in [-0.1, -0.05) is 37.3 Å². The van der Waals surface area contributed by atoms with Crippen LogP contribution in [0.15, 0.2) is 72.9 Å². The first-order valence-corrected chi connectivity index (χ1v) is 12.0. The van der Waals surface area contributed by atoms with Crippen LogP contribution >= 0.6 is 0 Å². The molecule has 184 valence electrons. The van der Waals surface area contributed by atoms with Crippen LogP contribution in [-0.4, -0.2) is 31.1 Å². The number of amides is 1. The molecular formula is C30H30N2O4. The maximum absolute atomic E-state index is 13.2. The molecule has 0 saturated heterocycles. The van der Waals surface area contributed by atoms with Crippen molar-refractivity contribution in [1.82, 2.24) is 4.98 Å². The largest absolute Gasteiger partial charge is 0.496 e. The molecule has 0 aliphatic rings. The Labute approximate surface area is 211 Å². The quantitative estimate of drug-likeness (QED) is 0.274. The standard InChI is InChI=1S/C30H30N2O4/c1-5-6-28(33)32(29-26-13-11-25(30(34)36-4)18-24(26)15-16-31-29)19-21-7-9-22(10-8-21)23-12-14-27(35-3)20(2)17-23/h7-18H,5-6,19H2,1-4H3.